The summed E-state index contributed by atoms with van der Waals surface area (Å²) in [6, 6.07) is 13.5. The molecule has 0 radical (unpaired) electrons. The molecule has 0 aliphatic carbocycles. The third-order valence-electron chi connectivity index (χ3n) is 4.79. The van der Waals surface area contributed by atoms with Crippen molar-refractivity contribution in [3.8, 4) is 0 Å². The van der Waals surface area contributed by atoms with Crippen molar-refractivity contribution in [3.05, 3.63) is 53.9 Å². The molecule has 3 rings (SSSR count). The van der Waals surface area contributed by atoms with Crippen molar-refractivity contribution < 1.29 is 0 Å². The highest BCUT2D eigenvalue weighted by Gasteiger charge is 2.29. The lowest BCUT2D eigenvalue weighted by molar-refractivity contribution is 0.111. The molecule has 0 saturated carbocycles. The van der Waals surface area contributed by atoms with Gasteiger partial charge in [0.05, 0.1) is 11.7 Å². The largest absolute Gasteiger partial charge is 0.295 e. The smallest absolute Gasteiger partial charge is 0.0523 e. The lowest BCUT2D eigenvalue weighted by Gasteiger charge is -2.38. The highest BCUT2D eigenvalue weighted by molar-refractivity contribution is 5.15. The Morgan fingerprint density at radius 1 is 1.24 bits per heavy atom. The Bertz CT molecular complexity index is 521. The van der Waals surface area contributed by atoms with E-state index in [1.54, 1.807) is 0 Å². The van der Waals surface area contributed by atoms with Gasteiger partial charge in [-0.1, -0.05) is 37.3 Å². The van der Waals surface area contributed by atoms with E-state index < -0.39 is 0 Å². The molecule has 21 heavy (non-hydrogen) atoms. The fourth-order valence-corrected chi connectivity index (χ4v) is 3.52. The predicted octanol–water partition coefficient (Wildman–Crippen LogP) is 3.82. The average molecular weight is 283 g/mol. The first-order chi connectivity index (χ1) is 10.4. The second kappa shape index (κ2) is 6.90. The molecule has 2 heterocycles. The third kappa shape index (κ3) is 3.53. The standard InChI is InChI=1S/C18H25N3/c1-2-21-13-11-16(9-8-15-6-4-3-5-7-15)14-18(21)17-10-12-19-20-17/h3-7,10,12,16,18H,2,8-9,11,13-14H2,1H3,(H,19,20). The van der Waals surface area contributed by atoms with E-state index in [4.69, 9.17) is 0 Å². The van der Waals surface area contributed by atoms with E-state index in [9.17, 15) is 0 Å². The maximum atomic E-state index is 4.13. The molecule has 112 valence electrons. The van der Waals surface area contributed by atoms with Gasteiger partial charge in [0, 0.05) is 6.20 Å². The minimum atomic E-state index is 0.520. The van der Waals surface area contributed by atoms with Crippen molar-refractivity contribution >= 4 is 0 Å². The first-order valence-electron chi connectivity index (χ1n) is 8.14. The molecule has 3 nitrogen and oxygen atoms in total. The SMILES string of the molecule is CCN1CCC(CCc2ccccc2)CC1c1ccn[nH]1. The molecular weight excluding hydrogens is 258 g/mol. The molecule has 1 aromatic carbocycles. The zero-order chi connectivity index (χ0) is 14.5. The van der Waals surface area contributed by atoms with Crippen LogP contribution in [0.2, 0.25) is 0 Å². The number of H-pyrrole nitrogens is 1. The minimum Gasteiger partial charge on any atom is -0.295 e. The molecule has 0 bridgehead atoms. The van der Waals surface area contributed by atoms with Crippen LogP contribution < -0.4 is 0 Å². The van der Waals surface area contributed by atoms with Gasteiger partial charge >= 0.3 is 0 Å². The van der Waals surface area contributed by atoms with Crippen LogP contribution in [0.25, 0.3) is 0 Å². The number of aromatic nitrogens is 2. The molecule has 1 fully saturated rings. The maximum absolute atomic E-state index is 4.13. The van der Waals surface area contributed by atoms with Gasteiger partial charge < -0.3 is 0 Å². The van der Waals surface area contributed by atoms with Gasteiger partial charge in [0.15, 0.2) is 0 Å². The van der Waals surface area contributed by atoms with Gasteiger partial charge in [-0.25, -0.2) is 0 Å². The Morgan fingerprint density at radius 3 is 2.81 bits per heavy atom. The molecule has 1 saturated heterocycles. The molecule has 0 amide bonds. The van der Waals surface area contributed by atoms with E-state index in [1.165, 1.54) is 43.5 Å². The third-order valence-corrected chi connectivity index (χ3v) is 4.79. The molecular formula is C18H25N3. The van der Waals surface area contributed by atoms with Crippen LogP contribution in [0.15, 0.2) is 42.6 Å². The Labute approximate surface area is 127 Å². The monoisotopic (exact) mass is 283 g/mol. The molecule has 3 heteroatoms. The molecule has 1 aromatic heterocycles. The van der Waals surface area contributed by atoms with Crippen molar-refractivity contribution in [2.24, 2.45) is 5.92 Å². The summed E-state index contributed by atoms with van der Waals surface area (Å²) in [5.41, 5.74) is 2.75. The summed E-state index contributed by atoms with van der Waals surface area (Å²) in [6.45, 7) is 4.59. The van der Waals surface area contributed by atoms with Gasteiger partial charge in [-0.15, -0.1) is 0 Å². The van der Waals surface area contributed by atoms with Crippen LogP contribution in [0.1, 0.15) is 43.5 Å². The fraction of sp³-hybridized carbons (Fsp3) is 0.500. The topological polar surface area (TPSA) is 31.9 Å². The van der Waals surface area contributed by atoms with E-state index in [0.717, 1.165) is 12.5 Å². The molecule has 0 spiro atoms. The highest BCUT2D eigenvalue weighted by atomic mass is 15.2. The zero-order valence-electron chi connectivity index (χ0n) is 12.8. The number of hydrogen-bond acceptors (Lipinski definition) is 2. The van der Waals surface area contributed by atoms with Crippen LogP contribution in [-0.4, -0.2) is 28.2 Å². The summed E-state index contributed by atoms with van der Waals surface area (Å²) in [6.07, 6.45) is 6.95. The number of rotatable bonds is 5. The van der Waals surface area contributed by atoms with Gasteiger partial charge in [-0.2, -0.15) is 5.10 Å². The van der Waals surface area contributed by atoms with Gasteiger partial charge in [0.25, 0.3) is 0 Å². The number of benzene rings is 1. The second-order valence-corrected chi connectivity index (χ2v) is 6.07. The number of piperidine rings is 1. The maximum Gasteiger partial charge on any atom is 0.0523 e. The van der Waals surface area contributed by atoms with Crippen molar-refractivity contribution in [1.82, 2.24) is 15.1 Å². The number of aryl methyl sites for hydroxylation is 1. The molecule has 2 atom stereocenters. The second-order valence-electron chi connectivity index (χ2n) is 6.07. The number of likely N-dealkylation sites (tertiary alicyclic amines) is 1. The molecule has 2 aromatic rings. The first kappa shape index (κ1) is 14.3. The summed E-state index contributed by atoms with van der Waals surface area (Å²) in [7, 11) is 0. The number of aromatic amines is 1. The van der Waals surface area contributed by atoms with Crippen LogP contribution in [-0.2, 0) is 6.42 Å². The summed E-state index contributed by atoms with van der Waals surface area (Å²) >= 11 is 0. The number of hydrogen-bond donors (Lipinski definition) is 1. The summed E-state index contributed by atoms with van der Waals surface area (Å²) in [5, 5.41) is 7.31. The fourth-order valence-electron chi connectivity index (χ4n) is 3.52. The lowest BCUT2D eigenvalue weighted by Crippen LogP contribution is -2.37. The number of nitrogens with zero attached hydrogens (tertiary/aromatic N) is 2. The van der Waals surface area contributed by atoms with Crippen molar-refractivity contribution in [2.45, 2.75) is 38.6 Å². The Balaban J connectivity index is 1.60. The van der Waals surface area contributed by atoms with Crippen LogP contribution >= 0.6 is 0 Å². The quantitative estimate of drug-likeness (QED) is 0.904. The molecule has 1 aliphatic rings. The van der Waals surface area contributed by atoms with Crippen molar-refractivity contribution in [1.29, 1.82) is 0 Å². The predicted molar refractivity (Wildman–Crippen MR) is 86.1 cm³/mol. The van der Waals surface area contributed by atoms with Crippen LogP contribution in [0.3, 0.4) is 0 Å². The van der Waals surface area contributed by atoms with Gasteiger partial charge in [0.1, 0.15) is 0 Å². The number of nitrogens with one attached hydrogen (secondary N) is 1. The van der Waals surface area contributed by atoms with Crippen LogP contribution in [0.5, 0.6) is 0 Å². The Hall–Kier alpha value is -1.61. The highest BCUT2D eigenvalue weighted by Crippen LogP contribution is 2.35. The van der Waals surface area contributed by atoms with E-state index >= 15 is 0 Å². The van der Waals surface area contributed by atoms with Crippen molar-refractivity contribution in [2.75, 3.05) is 13.1 Å². The molecule has 2 unspecified atom stereocenters. The Kier molecular flexibility index (Phi) is 4.71. The minimum absolute atomic E-state index is 0.520. The van der Waals surface area contributed by atoms with Gasteiger partial charge in [-0.05, 0) is 56.3 Å². The first-order valence-corrected chi connectivity index (χ1v) is 8.14. The van der Waals surface area contributed by atoms with E-state index in [1.807, 2.05) is 6.20 Å². The summed E-state index contributed by atoms with van der Waals surface area (Å²) in [4.78, 5) is 2.58. The van der Waals surface area contributed by atoms with E-state index in [2.05, 4.69) is 58.4 Å². The summed E-state index contributed by atoms with van der Waals surface area (Å²) < 4.78 is 0. The summed E-state index contributed by atoms with van der Waals surface area (Å²) in [5.74, 6) is 0.821. The van der Waals surface area contributed by atoms with Crippen LogP contribution in [0.4, 0.5) is 0 Å². The zero-order valence-corrected chi connectivity index (χ0v) is 12.8. The average Bonchev–Trinajstić information content (AvgIpc) is 3.08. The lowest BCUT2D eigenvalue weighted by atomic mass is 9.85. The van der Waals surface area contributed by atoms with Crippen molar-refractivity contribution in [3.63, 3.8) is 0 Å². The van der Waals surface area contributed by atoms with E-state index in [-0.39, 0.29) is 0 Å². The normalized spacial score (nSPS) is 23.3. The molecule has 1 aliphatic heterocycles. The molecule has 1 N–H and O–H groups in total. The van der Waals surface area contributed by atoms with Crippen LogP contribution in [0, 0.1) is 5.92 Å². The van der Waals surface area contributed by atoms with Gasteiger partial charge in [-0.3, -0.25) is 10.00 Å². The van der Waals surface area contributed by atoms with E-state index in [0.29, 0.717) is 6.04 Å². The Morgan fingerprint density at radius 2 is 2.10 bits per heavy atom. The van der Waals surface area contributed by atoms with Gasteiger partial charge in [0.2, 0.25) is 0 Å².